The third-order valence-corrected chi connectivity index (χ3v) is 6.03. The van der Waals surface area contributed by atoms with Crippen LogP contribution in [0.4, 0.5) is 13.2 Å². The lowest BCUT2D eigenvalue weighted by Gasteiger charge is -2.35. The average Bonchev–Trinajstić information content (AvgIpc) is 3.37. The predicted molar refractivity (Wildman–Crippen MR) is 115 cm³/mol. The van der Waals surface area contributed by atoms with Gasteiger partial charge in [-0.15, -0.1) is 0 Å². The van der Waals surface area contributed by atoms with Gasteiger partial charge in [0, 0.05) is 19.2 Å². The standard InChI is InChI=1S/C21H28N4O.C2HF3O2/c1-23(2)8-7-19-13-24(14-20-12-22-15-25(19)20)21(26)11-16-9-17-5-3-4-6-18(17)10-16;3-2(4,5)1(6)7/h3-6,12,15-16,19H,7-11,13-14H2,1-2H3;(H,6,7). The van der Waals surface area contributed by atoms with Gasteiger partial charge >= 0.3 is 12.1 Å². The number of carbonyl (C=O) groups excluding carboxylic acids is 1. The Balaban J connectivity index is 0.000000383. The second-order valence-corrected chi connectivity index (χ2v) is 8.86. The first kappa shape index (κ1) is 24.8. The molecule has 33 heavy (non-hydrogen) atoms. The van der Waals surface area contributed by atoms with Crippen molar-refractivity contribution in [1.82, 2.24) is 19.4 Å². The third kappa shape index (κ3) is 6.56. The van der Waals surface area contributed by atoms with Gasteiger partial charge in [-0.25, -0.2) is 9.78 Å². The average molecular weight is 467 g/mol. The van der Waals surface area contributed by atoms with Crippen LogP contribution in [0.1, 0.15) is 35.7 Å². The second-order valence-electron chi connectivity index (χ2n) is 8.86. The molecule has 0 spiro atoms. The Labute approximate surface area is 190 Å². The number of hydrogen-bond acceptors (Lipinski definition) is 4. The lowest BCUT2D eigenvalue weighted by Crippen LogP contribution is -2.42. The molecule has 7 nitrogen and oxygen atoms in total. The maximum absolute atomic E-state index is 13.0. The highest BCUT2D eigenvalue weighted by atomic mass is 19.4. The zero-order chi connectivity index (χ0) is 24.2. The topological polar surface area (TPSA) is 78.7 Å². The van der Waals surface area contributed by atoms with Gasteiger partial charge in [0.1, 0.15) is 0 Å². The van der Waals surface area contributed by atoms with Crippen molar-refractivity contribution in [3.05, 3.63) is 53.6 Å². The monoisotopic (exact) mass is 466 g/mol. The van der Waals surface area contributed by atoms with Crippen LogP contribution in [0.3, 0.4) is 0 Å². The van der Waals surface area contributed by atoms with Crippen LogP contribution in [0, 0.1) is 5.92 Å². The molecule has 1 aliphatic carbocycles. The van der Waals surface area contributed by atoms with Gasteiger partial charge in [0.15, 0.2) is 0 Å². The van der Waals surface area contributed by atoms with Gasteiger partial charge in [0.05, 0.1) is 24.6 Å². The predicted octanol–water partition coefficient (Wildman–Crippen LogP) is 3.16. The summed E-state index contributed by atoms with van der Waals surface area (Å²) in [4.78, 5) is 30.5. The molecule has 0 saturated heterocycles. The largest absolute Gasteiger partial charge is 0.490 e. The molecular weight excluding hydrogens is 437 g/mol. The first-order chi connectivity index (χ1) is 15.5. The summed E-state index contributed by atoms with van der Waals surface area (Å²) in [5.74, 6) is -2.01. The molecule has 1 aromatic carbocycles. The molecular formula is C23H29F3N4O3. The van der Waals surface area contributed by atoms with Gasteiger partial charge in [-0.1, -0.05) is 24.3 Å². The maximum Gasteiger partial charge on any atom is 0.490 e. The molecule has 0 bridgehead atoms. The van der Waals surface area contributed by atoms with E-state index in [1.54, 1.807) is 0 Å². The summed E-state index contributed by atoms with van der Waals surface area (Å²) in [6.07, 6.45) is 2.52. The molecule has 1 amide bonds. The fourth-order valence-electron chi connectivity index (χ4n) is 4.38. The number of benzene rings is 1. The van der Waals surface area contributed by atoms with E-state index in [1.807, 2.05) is 12.5 Å². The summed E-state index contributed by atoms with van der Waals surface area (Å²) >= 11 is 0. The smallest absolute Gasteiger partial charge is 0.475 e. The number of carboxylic acid groups (broad SMARTS) is 1. The number of amides is 1. The number of halogens is 3. The van der Waals surface area contributed by atoms with Crippen LogP contribution in [-0.2, 0) is 29.0 Å². The number of fused-ring (bicyclic) bond motifs is 2. The molecule has 0 radical (unpaired) electrons. The minimum Gasteiger partial charge on any atom is -0.475 e. The number of rotatable bonds is 5. The minimum atomic E-state index is -5.08. The van der Waals surface area contributed by atoms with Gasteiger partial charge in [0.2, 0.25) is 5.91 Å². The Hall–Kier alpha value is -2.88. The van der Waals surface area contributed by atoms with Crippen LogP contribution in [0.5, 0.6) is 0 Å². The van der Waals surface area contributed by atoms with Crippen molar-refractivity contribution in [2.24, 2.45) is 5.92 Å². The summed E-state index contributed by atoms with van der Waals surface area (Å²) in [6.45, 7) is 2.51. The summed E-state index contributed by atoms with van der Waals surface area (Å²) in [5.41, 5.74) is 4.00. The van der Waals surface area contributed by atoms with E-state index < -0.39 is 12.1 Å². The molecule has 0 fully saturated rings. The SMILES string of the molecule is CN(C)CCC1CN(C(=O)CC2Cc3ccccc3C2)Cc2cncn21.O=C(O)C(F)(F)F. The molecule has 2 aliphatic rings. The van der Waals surface area contributed by atoms with Crippen molar-refractivity contribution >= 4 is 11.9 Å². The van der Waals surface area contributed by atoms with Crippen LogP contribution >= 0.6 is 0 Å². The van der Waals surface area contributed by atoms with Crippen LogP contribution in [0.2, 0.25) is 0 Å². The van der Waals surface area contributed by atoms with E-state index in [0.717, 1.165) is 38.0 Å². The molecule has 1 N–H and O–H groups in total. The Morgan fingerprint density at radius 3 is 2.33 bits per heavy atom. The Bertz CT molecular complexity index is 949. The van der Waals surface area contributed by atoms with Gasteiger partial charge < -0.3 is 19.5 Å². The van der Waals surface area contributed by atoms with E-state index in [1.165, 1.54) is 11.1 Å². The fraction of sp³-hybridized carbons (Fsp3) is 0.522. The van der Waals surface area contributed by atoms with Crippen LogP contribution in [0.25, 0.3) is 0 Å². The van der Waals surface area contributed by atoms with Crippen molar-refractivity contribution < 1.29 is 27.9 Å². The lowest BCUT2D eigenvalue weighted by atomic mass is 10.0. The molecule has 1 unspecified atom stereocenters. The number of imidazole rings is 1. The van der Waals surface area contributed by atoms with Crippen molar-refractivity contribution in [3.8, 4) is 0 Å². The molecule has 1 aromatic heterocycles. The number of aromatic nitrogens is 2. The molecule has 2 heterocycles. The summed E-state index contributed by atoms with van der Waals surface area (Å²) in [5, 5.41) is 7.12. The maximum atomic E-state index is 13.0. The third-order valence-electron chi connectivity index (χ3n) is 6.03. The highest BCUT2D eigenvalue weighted by molar-refractivity contribution is 5.77. The van der Waals surface area contributed by atoms with Gasteiger partial charge in [-0.2, -0.15) is 13.2 Å². The first-order valence-electron chi connectivity index (χ1n) is 10.8. The number of hydrogen-bond donors (Lipinski definition) is 1. The van der Waals surface area contributed by atoms with Crippen LogP contribution in [-0.4, -0.2) is 69.7 Å². The van der Waals surface area contributed by atoms with E-state index in [-0.39, 0.29) is 0 Å². The van der Waals surface area contributed by atoms with Crippen LogP contribution in [0.15, 0.2) is 36.8 Å². The number of carbonyl (C=O) groups is 2. The number of carboxylic acids is 1. The molecule has 4 rings (SSSR count). The normalized spacial score (nSPS) is 17.9. The molecule has 10 heteroatoms. The van der Waals surface area contributed by atoms with Crippen LogP contribution < -0.4 is 0 Å². The highest BCUT2D eigenvalue weighted by Gasteiger charge is 2.38. The van der Waals surface area contributed by atoms with Gasteiger partial charge in [-0.3, -0.25) is 4.79 Å². The van der Waals surface area contributed by atoms with E-state index in [4.69, 9.17) is 9.90 Å². The zero-order valence-corrected chi connectivity index (χ0v) is 18.8. The molecule has 2 aromatic rings. The van der Waals surface area contributed by atoms with Crippen molar-refractivity contribution in [2.75, 3.05) is 27.2 Å². The highest BCUT2D eigenvalue weighted by Crippen LogP contribution is 2.30. The summed E-state index contributed by atoms with van der Waals surface area (Å²) in [6, 6.07) is 8.94. The molecule has 1 aliphatic heterocycles. The number of aliphatic carboxylic acids is 1. The van der Waals surface area contributed by atoms with Crippen molar-refractivity contribution in [2.45, 2.75) is 44.4 Å². The number of nitrogens with zero attached hydrogens (tertiary/aromatic N) is 4. The van der Waals surface area contributed by atoms with Crippen molar-refractivity contribution in [1.29, 1.82) is 0 Å². The molecule has 1 atom stereocenters. The van der Waals surface area contributed by atoms with Crippen molar-refractivity contribution in [3.63, 3.8) is 0 Å². The summed E-state index contributed by atoms with van der Waals surface area (Å²) in [7, 11) is 4.19. The Morgan fingerprint density at radius 2 is 1.79 bits per heavy atom. The van der Waals surface area contributed by atoms with Gasteiger partial charge in [0.25, 0.3) is 0 Å². The van der Waals surface area contributed by atoms with E-state index in [0.29, 0.717) is 30.8 Å². The zero-order valence-electron chi connectivity index (χ0n) is 18.8. The Morgan fingerprint density at radius 1 is 1.18 bits per heavy atom. The van der Waals surface area contributed by atoms with E-state index >= 15 is 0 Å². The Kier molecular flexibility index (Phi) is 7.78. The van der Waals surface area contributed by atoms with E-state index in [9.17, 15) is 18.0 Å². The number of alkyl halides is 3. The summed E-state index contributed by atoms with van der Waals surface area (Å²) < 4.78 is 34.0. The molecule has 180 valence electrons. The molecule has 0 saturated carbocycles. The fourth-order valence-corrected chi connectivity index (χ4v) is 4.38. The van der Waals surface area contributed by atoms with E-state index in [2.05, 4.69) is 57.7 Å². The quantitative estimate of drug-likeness (QED) is 0.733. The van der Waals surface area contributed by atoms with Gasteiger partial charge in [-0.05, 0) is 56.9 Å². The lowest BCUT2D eigenvalue weighted by molar-refractivity contribution is -0.192. The second kappa shape index (κ2) is 10.4. The first-order valence-corrected chi connectivity index (χ1v) is 10.8. The minimum absolute atomic E-state index is 0.296.